The minimum atomic E-state index is -0.451. The van der Waals surface area contributed by atoms with Gasteiger partial charge in [-0.25, -0.2) is 4.79 Å². The topological polar surface area (TPSA) is 82.2 Å². The maximum Gasteiger partial charge on any atom is 0.359 e. The molecule has 2 aromatic rings. The Morgan fingerprint density at radius 1 is 1.23 bits per heavy atom. The Bertz CT molecular complexity index is 924. The van der Waals surface area contributed by atoms with Gasteiger partial charge >= 0.3 is 6.03 Å². The first kappa shape index (κ1) is 23.7. The van der Waals surface area contributed by atoms with Crippen LogP contribution in [-0.2, 0) is 6.54 Å². The molecule has 0 atom stereocenters. The number of hydrogen-bond donors (Lipinski definition) is 2. The van der Waals surface area contributed by atoms with E-state index in [0.29, 0.717) is 24.3 Å². The van der Waals surface area contributed by atoms with Crippen LogP contribution in [0.25, 0.3) is 10.9 Å². The molecule has 2 amide bonds. The fourth-order valence-electron chi connectivity index (χ4n) is 4.49. The monoisotopic (exact) mass is 491 g/mol. The number of aromatic nitrogens is 1. The Labute approximate surface area is 193 Å². The van der Waals surface area contributed by atoms with Gasteiger partial charge in [-0.1, -0.05) is 40.3 Å². The van der Waals surface area contributed by atoms with E-state index in [1.54, 1.807) is 0 Å². The summed E-state index contributed by atoms with van der Waals surface area (Å²) >= 11 is 3.50. The summed E-state index contributed by atoms with van der Waals surface area (Å²) in [5.74, 6) is 0.0368. The number of urea groups is 1. The minimum Gasteiger partial charge on any atom is -0.493 e. The van der Waals surface area contributed by atoms with Gasteiger partial charge in [-0.3, -0.25) is 4.90 Å². The molecule has 2 N–H and O–H groups in total. The number of halogens is 1. The molecule has 1 heterocycles. The first-order valence-electron chi connectivity index (χ1n) is 11.3. The minimum absolute atomic E-state index is 0.0368. The van der Waals surface area contributed by atoms with Crippen LogP contribution in [0.5, 0.6) is 5.88 Å². The molecule has 3 rings (SSSR count). The lowest BCUT2D eigenvalue weighted by molar-refractivity contribution is 0.167. The van der Waals surface area contributed by atoms with Crippen molar-refractivity contribution in [2.75, 3.05) is 6.54 Å². The van der Waals surface area contributed by atoms with Gasteiger partial charge < -0.3 is 15.0 Å². The number of hydrogen-bond acceptors (Lipinski definition) is 4. The van der Waals surface area contributed by atoms with Crippen LogP contribution in [0.15, 0.2) is 32.9 Å². The van der Waals surface area contributed by atoms with Crippen molar-refractivity contribution < 1.29 is 9.90 Å². The number of azo groups is 1. The second kappa shape index (κ2) is 10.6. The second-order valence-electron chi connectivity index (χ2n) is 8.90. The smallest absolute Gasteiger partial charge is 0.359 e. The lowest BCUT2D eigenvalue weighted by Gasteiger charge is -2.30. The van der Waals surface area contributed by atoms with Gasteiger partial charge in [0.1, 0.15) is 0 Å². The van der Waals surface area contributed by atoms with E-state index in [1.165, 1.54) is 6.42 Å². The summed E-state index contributed by atoms with van der Waals surface area (Å²) in [5, 5.41) is 22.7. The largest absolute Gasteiger partial charge is 0.493 e. The molecule has 1 aromatic heterocycles. The van der Waals surface area contributed by atoms with E-state index in [4.69, 9.17) is 0 Å². The fourth-order valence-corrected chi connectivity index (χ4v) is 4.86. The number of fused-ring (bicyclic) bond motifs is 1. The van der Waals surface area contributed by atoms with E-state index in [-0.39, 0.29) is 11.9 Å². The highest BCUT2D eigenvalue weighted by molar-refractivity contribution is 9.10. The lowest BCUT2D eigenvalue weighted by Crippen LogP contribution is -2.39. The van der Waals surface area contributed by atoms with Gasteiger partial charge in [-0.05, 0) is 58.7 Å². The molecule has 7 nitrogen and oxygen atoms in total. The molecule has 8 heteroatoms. The number of nitrogens with one attached hydrogen (secondary N) is 1. The highest BCUT2D eigenvalue weighted by Crippen LogP contribution is 2.40. The van der Waals surface area contributed by atoms with Crippen LogP contribution in [0.3, 0.4) is 0 Å². The van der Waals surface area contributed by atoms with Gasteiger partial charge in [0, 0.05) is 41.1 Å². The van der Waals surface area contributed by atoms with Crippen LogP contribution in [0, 0.1) is 0 Å². The molecule has 0 bridgehead atoms. The predicted molar refractivity (Wildman–Crippen MR) is 128 cm³/mol. The van der Waals surface area contributed by atoms with Crippen molar-refractivity contribution in [3.8, 4) is 5.88 Å². The average Bonchev–Trinajstić information content (AvgIpc) is 2.97. The van der Waals surface area contributed by atoms with Gasteiger partial charge in [0.2, 0.25) is 5.88 Å². The lowest BCUT2D eigenvalue weighted by atomic mass is 9.96. The highest BCUT2D eigenvalue weighted by Gasteiger charge is 2.20. The quantitative estimate of drug-likeness (QED) is 0.442. The highest BCUT2D eigenvalue weighted by atomic mass is 79.9. The second-order valence-corrected chi connectivity index (χ2v) is 9.81. The molecule has 0 unspecified atom stereocenters. The van der Waals surface area contributed by atoms with Crippen LogP contribution >= 0.6 is 15.9 Å². The van der Waals surface area contributed by atoms with Crippen LogP contribution in [0.2, 0.25) is 0 Å². The number of aromatic hydroxyl groups is 1. The fraction of sp³-hybridized carbons (Fsp3) is 0.609. The summed E-state index contributed by atoms with van der Waals surface area (Å²) in [4.78, 5) is 14.7. The normalized spacial score (nSPS) is 15.7. The molecule has 0 spiro atoms. The van der Waals surface area contributed by atoms with E-state index in [9.17, 15) is 9.90 Å². The van der Waals surface area contributed by atoms with E-state index in [1.807, 2.05) is 22.8 Å². The summed E-state index contributed by atoms with van der Waals surface area (Å²) in [7, 11) is 0. The maximum absolute atomic E-state index is 12.3. The van der Waals surface area contributed by atoms with Crippen LogP contribution < -0.4 is 5.32 Å². The zero-order chi connectivity index (χ0) is 22.5. The SMILES string of the molecule is CC(C)N(CCn1c(O)c(N=NC(=O)NC2CCCCC2)c2cc(Br)ccc21)C(C)C. The van der Waals surface area contributed by atoms with Crippen molar-refractivity contribution in [1.82, 2.24) is 14.8 Å². The van der Waals surface area contributed by atoms with Crippen molar-refractivity contribution in [3.05, 3.63) is 22.7 Å². The zero-order valence-corrected chi connectivity index (χ0v) is 20.5. The Morgan fingerprint density at radius 3 is 2.55 bits per heavy atom. The zero-order valence-electron chi connectivity index (χ0n) is 18.9. The molecular formula is C23H34BrN5O2. The number of benzene rings is 1. The number of amides is 2. The van der Waals surface area contributed by atoms with E-state index < -0.39 is 6.03 Å². The average molecular weight is 492 g/mol. The molecule has 31 heavy (non-hydrogen) atoms. The van der Waals surface area contributed by atoms with Gasteiger partial charge in [-0.2, -0.15) is 0 Å². The third-order valence-electron chi connectivity index (χ3n) is 6.05. The van der Waals surface area contributed by atoms with Crippen LogP contribution in [0.4, 0.5) is 10.5 Å². The predicted octanol–water partition coefficient (Wildman–Crippen LogP) is 6.35. The Hall–Kier alpha value is -1.93. The number of nitrogens with zero attached hydrogens (tertiary/aromatic N) is 4. The van der Waals surface area contributed by atoms with Crippen molar-refractivity contribution in [2.45, 2.75) is 84.5 Å². The molecule has 170 valence electrons. The molecule has 1 aromatic carbocycles. The van der Waals surface area contributed by atoms with Gasteiger partial charge in [0.15, 0.2) is 5.69 Å². The van der Waals surface area contributed by atoms with Gasteiger partial charge in [-0.15, -0.1) is 5.11 Å². The molecule has 1 fully saturated rings. The van der Waals surface area contributed by atoms with Crippen molar-refractivity contribution in [1.29, 1.82) is 0 Å². The number of carbonyl (C=O) groups excluding carboxylic acids is 1. The first-order valence-corrected chi connectivity index (χ1v) is 12.1. The summed E-state index contributed by atoms with van der Waals surface area (Å²) in [6.45, 7) is 10.1. The Balaban J connectivity index is 1.84. The van der Waals surface area contributed by atoms with Crippen molar-refractivity contribution in [3.63, 3.8) is 0 Å². The molecule has 1 aliphatic rings. The van der Waals surface area contributed by atoms with E-state index in [2.05, 4.69) is 64.1 Å². The van der Waals surface area contributed by atoms with Crippen molar-refractivity contribution in [2.24, 2.45) is 10.2 Å². The molecule has 1 aliphatic carbocycles. The van der Waals surface area contributed by atoms with Crippen molar-refractivity contribution >= 4 is 38.6 Å². The summed E-state index contributed by atoms with van der Waals surface area (Å²) in [6.07, 6.45) is 5.46. The summed E-state index contributed by atoms with van der Waals surface area (Å²) < 4.78 is 2.73. The van der Waals surface area contributed by atoms with E-state index >= 15 is 0 Å². The molecule has 0 aliphatic heterocycles. The standard InChI is InChI=1S/C23H34BrN5O2/c1-15(2)28(16(3)4)12-13-29-20-11-10-17(24)14-19(20)21(22(29)30)26-27-23(31)25-18-8-6-5-7-9-18/h10-11,14-16,18,30H,5-9,12-13H2,1-4H3,(H,25,31). The molecule has 1 saturated carbocycles. The van der Waals surface area contributed by atoms with Crippen LogP contribution in [-0.4, -0.2) is 45.3 Å². The molecule has 0 radical (unpaired) electrons. The number of rotatable bonds is 7. The number of carbonyl (C=O) groups is 1. The molecule has 0 saturated heterocycles. The summed E-state index contributed by atoms with van der Waals surface area (Å²) in [5.41, 5.74) is 1.20. The third kappa shape index (κ3) is 5.86. The third-order valence-corrected chi connectivity index (χ3v) is 6.55. The Kier molecular flexibility index (Phi) is 8.11. The van der Waals surface area contributed by atoms with Gasteiger partial charge in [0.25, 0.3) is 0 Å². The maximum atomic E-state index is 12.3. The van der Waals surface area contributed by atoms with Crippen LogP contribution in [0.1, 0.15) is 59.8 Å². The first-order chi connectivity index (χ1) is 14.8. The summed E-state index contributed by atoms with van der Waals surface area (Å²) in [6, 6.07) is 6.33. The molecular weight excluding hydrogens is 458 g/mol. The Morgan fingerprint density at radius 2 is 1.90 bits per heavy atom. The van der Waals surface area contributed by atoms with E-state index in [0.717, 1.165) is 47.6 Å². The van der Waals surface area contributed by atoms with Gasteiger partial charge in [0.05, 0.1) is 5.52 Å².